The van der Waals surface area contributed by atoms with Gasteiger partial charge in [0.15, 0.2) is 0 Å². The van der Waals surface area contributed by atoms with E-state index in [2.05, 4.69) is 4.98 Å². The second-order valence-corrected chi connectivity index (χ2v) is 3.35. The standard InChI is InChI=1S/C11H10N2O2/c1-6-7-2-4-10(11(14)15)13-9(7)5-3-8(6)12/h2-5H,12H2,1H3,(H,14,15). The SMILES string of the molecule is Cc1c(N)ccc2nc(C(=O)O)ccc12. The zero-order valence-corrected chi connectivity index (χ0v) is 8.19. The summed E-state index contributed by atoms with van der Waals surface area (Å²) in [4.78, 5) is 14.7. The minimum absolute atomic E-state index is 0.0478. The van der Waals surface area contributed by atoms with E-state index in [4.69, 9.17) is 10.8 Å². The van der Waals surface area contributed by atoms with Crippen molar-refractivity contribution in [3.05, 3.63) is 35.5 Å². The smallest absolute Gasteiger partial charge is 0.354 e. The maximum atomic E-state index is 10.7. The lowest BCUT2D eigenvalue weighted by Crippen LogP contribution is -2.00. The van der Waals surface area contributed by atoms with Crippen molar-refractivity contribution >= 4 is 22.6 Å². The number of carboxylic acid groups (broad SMARTS) is 1. The fourth-order valence-corrected chi connectivity index (χ4v) is 1.49. The molecular weight excluding hydrogens is 192 g/mol. The molecule has 2 rings (SSSR count). The lowest BCUT2D eigenvalue weighted by Gasteiger charge is -2.05. The zero-order chi connectivity index (χ0) is 11.0. The third kappa shape index (κ3) is 1.50. The van der Waals surface area contributed by atoms with Gasteiger partial charge in [-0.15, -0.1) is 0 Å². The Morgan fingerprint density at radius 1 is 1.33 bits per heavy atom. The van der Waals surface area contributed by atoms with Crippen molar-refractivity contribution < 1.29 is 9.90 Å². The fourth-order valence-electron chi connectivity index (χ4n) is 1.49. The summed E-state index contributed by atoms with van der Waals surface area (Å²) < 4.78 is 0. The molecule has 0 atom stereocenters. The molecule has 15 heavy (non-hydrogen) atoms. The number of pyridine rings is 1. The summed E-state index contributed by atoms with van der Waals surface area (Å²) >= 11 is 0. The first-order valence-corrected chi connectivity index (χ1v) is 4.48. The van der Waals surface area contributed by atoms with Crippen molar-refractivity contribution in [3.8, 4) is 0 Å². The van der Waals surface area contributed by atoms with Crippen LogP contribution in [0.15, 0.2) is 24.3 Å². The summed E-state index contributed by atoms with van der Waals surface area (Å²) in [6.45, 7) is 1.89. The first-order chi connectivity index (χ1) is 7.09. The highest BCUT2D eigenvalue weighted by Gasteiger charge is 2.07. The number of carboxylic acids is 1. The lowest BCUT2D eigenvalue weighted by molar-refractivity contribution is 0.0691. The Kier molecular flexibility index (Phi) is 2.04. The van der Waals surface area contributed by atoms with E-state index in [9.17, 15) is 4.79 Å². The molecule has 0 radical (unpaired) electrons. The maximum absolute atomic E-state index is 10.7. The molecule has 4 nitrogen and oxygen atoms in total. The Balaban J connectivity index is 2.75. The Labute approximate surface area is 86.4 Å². The summed E-state index contributed by atoms with van der Waals surface area (Å²) in [6, 6.07) is 6.68. The molecule has 0 unspecified atom stereocenters. The minimum atomic E-state index is -1.02. The van der Waals surface area contributed by atoms with E-state index in [-0.39, 0.29) is 5.69 Å². The van der Waals surface area contributed by atoms with Crippen LogP contribution in [0.25, 0.3) is 10.9 Å². The van der Waals surface area contributed by atoms with Crippen molar-refractivity contribution in [1.82, 2.24) is 4.98 Å². The number of benzene rings is 1. The molecule has 1 heterocycles. The first kappa shape index (κ1) is 9.45. The molecule has 0 bridgehead atoms. The molecular formula is C11H10N2O2. The number of aromatic carboxylic acids is 1. The van der Waals surface area contributed by atoms with Crippen molar-refractivity contribution in [3.63, 3.8) is 0 Å². The van der Waals surface area contributed by atoms with Crippen molar-refractivity contribution in [2.24, 2.45) is 0 Å². The van der Waals surface area contributed by atoms with Crippen molar-refractivity contribution in [1.29, 1.82) is 0 Å². The lowest BCUT2D eigenvalue weighted by atomic mass is 10.1. The number of anilines is 1. The number of nitrogens with zero attached hydrogens (tertiary/aromatic N) is 1. The molecule has 0 amide bonds. The topological polar surface area (TPSA) is 76.2 Å². The molecule has 0 aliphatic heterocycles. The van der Waals surface area contributed by atoms with Gasteiger partial charge in [-0.25, -0.2) is 9.78 Å². The number of nitrogens with two attached hydrogens (primary N) is 1. The predicted molar refractivity (Wildman–Crippen MR) is 57.9 cm³/mol. The van der Waals surface area contributed by atoms with E-state index in [0.717, 1.165) is 10.9 Å². The molecule has 2 aromatic rings. The summed E-state index contributed by atoms with van der Waals surface area (Å²) in [6.07, 6.45) is 0. The highest BCUT2D eigenvalue weighted by Crippen LogP contribution is 2.22. The number of carbonyl (C=O) groups is 1. The minimum Gasteiger partial charge on any atom is -0.477 e. The van der Waals surface area contributed by atoms with E-state index >= 15 is 0 Å². The molecule has 0 aliphatic carbocycles. The number of nitrogen functional groups attached to an aromatic ring is 1. The van der Waals surface area contributed by atoms with Gasteiger partial charge in [0.1, 0.15) is 5.69 Å². The molecule has 3 N–H and O–H groups in total. The predicted octanol–water partition coefficient (Wildman–Crippen LogP) is 1.82. The van der Waals surface area contributed by atoms with Crippen LogP contribution in [0.1, 0.15) is 16.1 Å². The van der Waals surface area contributed by atoms with Crippen LogP contribution in [-0.2, 0) is 0 Å². The Hall–Kier alpha value is -2.10. The largest absolute Gasteiger partial charge is 0.477 e. The van der Waals surface area contributed by atoms with Gasteiger partial charge in [-0.3, -0.25) is 0 Å². The van der Waals surface area contributed by atoms with Crippen LogP contribution < -0.4 is 5.73 Å². The van der Waals surface area contributed by atoms with Crippen LogP contribution in [0.3, 0.4) is 0 Å². The second-order valence-electron chi connectivity index (χ2n) is 3.35. The molecule has 76 valence electrons. The van der Waals surface area contributed by atoms with Gasteiger partial charge in [0, 0.05) is 11.1 Å². The van der Waals surface area contributed by atoms with Gasteiger partial charge in [0.2, 0.25) is 0 Å². The van der Waals surface area contributed by atoms with Gasteiger partial charge >= 0.3 is 5.97 Å². The van der Waals surface area contributed by atoms with Crippen LogP contribution in [-0.4, -0.2) is 16.1 Å². The summed E-state index contributed by atoms with van der Waals surface area (Å²) in [5.74, 6) is -1.02. The van der Waals surface area contributed by atoms with Gasteiger partial charge in [-0.2, -0.15) is 0 Å². The zero-order valence-electron chi connectivity index (χ0n) is 8.19. The van der Waals surface area contributed by atoms with Crippen LogP contribution in [0, 0.1) is 6.92 Å². The van der Waals surface area contributed by atoms with Gasteiger partial charge in [-0.05, 0) is 30.7 Å². The van der Waals surface area contributed by atoms with Crippen LogP contribution in [0.4, 0.5) is 5.69 Å². The normalized spacial score (nSPS) is 10.5. The molecule has 4 heteroatoms. The van der Waals surface area contributed by atoms with E-state index in [1.54, 1.807) is 18.2 Å². The van der Waals surface area contributed by atoms with Gasteiger partial charge in [-0.1, -0.05) is 6.07 Å². The molecule has 1 aromatic heterocycles. The van der Waals surface area contributed by atoms with Gasteiger partial charge in [0.25, 0.3) is 0 Å². The van der Waals surface area contributed by atoms with Gasteiger partial charge < -0.3 is 10.8 Å². The van der Waals surface area contributed by atoms with Crippen LogP contribution in [0.5, 0.6) is 0 Å². The molecule has 0 saturated heterocycles. The van der Waals surface area contributed by atoms with E-state index < -0.39 is 5.97 Å². The van der Waals surface area contributed by atoms with E-state index in [0.29, 0.717) is 11.2 Å². The fraction of sp³-hybridized carbons (Fsp3) is 0.0909. The summed E-state index contributed by atoms with van der Waals surface area (Å²) in [5.41, 5.74) is 8.06. The molecule has 0 spiro atoms. The first-order valence-electron chi connectivity index (χ1n) is 4.48. The highest BCUT2D eigenvalue weighted by atomic mass is 16.4. The Bertz CT molecular complexity index is 550. The highest BCUT2D eigenvalue weighted by molar-refractivity contribution is 5.92. The van der Waals surface area contributed by atoms with E-state index in [1.807, 2.05) is 6.92 Å². The van der Waals surface area contributed by atoms with Crippen LogP contribution >= 0.6 is 0 Å². The quantitative estimate of drug-likeness (QED) is 0.691. The van der Waals surface area contributed by atoms with E-state index in [1.165, 1.54) is 6.07 Å². The molecule has 0 fully saturated rings. The summed E-state index contributed by atoms with van der Waals surface area (Å²) in [5, 5.41) is 9.67. The number of fused-ring (bicyclic) bond motifs is 1. The Morgan fingerprint density at radius 3 is 2.73 bits per heavy atom. The average molecular weight is 202 g/mol. The maximum Gasteiger partial charge on any atom is 0.354 e. The Morgan fingerprint density at radius 2 is 2.07 bits per heavy atom. The monoisotopic (exact) mass is 202 g/mol. The number of rotatable bonds is 1. The molecule has 0 aliphatic rings. The number of hydrogen-bond donors (Lipinski definition) is 2. The van der Waals surface area contributed by atoms with Crippen LogP contribution in [0.2, 0.25) is 0 Å². The number of aryl methyl sites for hydroxylation is 1. The number of hydrogen-bond acceptors (Lipinski definition) is 3. The average Bonchev–Trinajstić information content (AvgIpc) is 2.23. The molecule has 0 saturated carbocycles. The second kappa shape index (κ2) is 3.24. The molecule has 1 aromatic carbocycles. The number of aromatic nitrogens is 1. The van der Waals surface area contributed by atoms with Crippen molar-refractivity contribution in [2.45, 2.75) is 6.92 Å². The van der Waals surface area contributed by atoms with Gasteiger partial charge in [0.05, 0.1) is 5.52 Å². The third-order valence-corrected chi connectivity index (χ3v) is 2.40. The third-order valence-electron chi connectivity index (χ3n) is 2.40. The van der Waals surface area contributed by atoms with Crippen molar-refractivity contribution in [2.75, 3.05) is 5.73 Å². The summed E-state index contributed by atoms with van der Waals surface area (Å²) in [7, 11) is 0.